The van der Waals surface area contributed by atoms with E-state index in [1.807, 2.05) is 36.4 Å². The van der Waals surface area contributed by atoms with Crippen molar-refractivity contribution in [2.75, 3.05) is 0 Å². The van der Waals surface area contributed by atoms with E-state index in [2.05, 4.69) is 75.9 Å². The van der Waals surface area contributed by atoms with Crippen LogP contribution in [0.1, 0.15) is 11.1 Å². The fraction of sp³-hybridized carbons (Fsp3) is 0. The predicted octanol–water partition coefficient (Wildman–Crippen LogP) is 6.17. The lowest BCUT2D eigenvalue weighted by molar-refractivity contribution is 1.44. The van der Waals surface area contributed by atoms with Crippen LogP contribution in [0.3, 0.4) is 0 Å². The topological polar surface area (TPSA) is 47.6 Å². The van der Waals surface area contributed by atoms with Crippen LogP contribution in [0.5, 0.6) is 0 Å². The number of benzene rings is 2. The Kier molecular flexibility index (Phi) is 7.47. The highest BCUT2D eigenvalue weighted by molar-refractivity contribution is 9.11. The first-order valence-electron chi connectivity index (χ1n) is 5.19. The molecule has 0 fully saturated rings. The van der Waals surface area contributed by atoms with Crippen molar-refractivity contribution in [1.29, 1.82) is 10.5 Å². The minimum Gasteiger partial charge on any atom is -0.192 e. The molecule has 2 aromatic carbocycles. The quantitative estimate of drug-likeness (QED) is 0.416. The van der Waals surface area contributed by atoms with E-state index >= 15 is 0 Å². The maximum absolute atomic E-state index is 8.59. The van der Waals surface area contributed by atoms with Gasteiger partial charge in [-0.2, -0.15) is 10.5 Å². The van der Waals surface area contributed by atoms with Gasteiger partial charge >= 0.3 is 0 Å². The van der Waals surface area contributed by atoms with Gasteiger partial charge in [-0.25, -0.2) is 0 Å². The van der Waals surface area contributed by atoms with Crippen LogP contribution in [0.15, 0.2) is 54.3 Å². The van der Waals surface area contributed by atoms with Gasteiger partial charge in [0.1, 0.15) is 12.1 Å². The van der Waals surface area contributed by atoms with Crippen molar-refractivity contribution in [3.63, 3.8) is 0 Å². The minimum absolute atomic E-state index is 0.641. The molecule has 0 saturated carbocycles. The molecule has 0 radical (unpaired) electrons. The van der Waals surface area contributed by atoms with E-state index in [9.17, 15) is 0 Å². The molecule has 20 heavy (non-hydrogen) atoms. The summed E-state index contributed by atoms with van der Waals surface area (Å²) < 4.78 is 3.29. The average molecular weight is 522 g/mol. The first kappa shape index (κ1) is 17.4. The lowest BCUT2D eigenvalue weighted by Crippen LogP contribution is -1.77. The lowest BCUT2D eigenvalue weighted by Gasteiger charge is -1.94. The summed E-state index contributed by atoms with van der Waals surface area (Å²) in [5, 5.41) is 17.2. The minimum atomic E-state index is 0.641. The van der Waals surface area contributed by atoms with Gasteiger partial charge < -0.3 is 0 Å². The second-order valence-electron chi connectivity index (χ2n) is 3.42. The summed E-state index contributed by atoms with van der Waals surface area (Å²) in [5.41, 5.74) is 1.28. The van der Waals surface area contributed by atoms with Gasteiger partial charge in [-0.1, -0.05) is 12.1 Å². The van der Waals surface area contributed by atoms with Crippen LogP contribution in [-0.2, 0) is 0 Å². The Balaban J connectivity index is 0.000000200. The monoisotopic (exact) mass is 518 g/mol. The highest BCUT2D eigenvalue weighted by Gasteiger charge is 2.01. The third kappa shape index (κ3) is 4.71. The zero-order valence-corrected chi connectivity index (χ0v) is 16.2. The Morgan fingerprint density at radius 1 is 0.600 bits per heavy atom. The van der Waals surface area contributed by atoms with Crippen molar-refractivity contribution < 1.29 is 0 Å². The number of nitriles is 2. The van der Waals surface area contributed by atoms with Crippen LogP contribution in [0.2, 0.25) is 0 Å². The second-order valence-corrected chi connectivity index (χ2v) is 6.83. The van der Waals surface area contributed by atoms with E-state index in [1.165, 1.54) is 0 Å². The largest absolute Gasteiger partial charge is 0.192 e. The van der Waals surface area contributed by atoms with Gasteiger partial charge in [-0.15, -0.1) is 0 Å². The van der Waals surface area contributed by atoms with E-state index in [0.717, 1.165) is 17.9 Å². The molecule has 0 bridgehead atoms. The molecule has 0 aromatic heterocycles. The van der Waals surface area contributed by atoms with Gasteiger partial charge in [-0.05, 0) is 88.0 Å². The first-order chi connectivity index (χ1) is 9.51. The zero-order valence-electron chi connectivity index (χ0n) is 9.87. The van der Waals surface area contributed by atoms with Crippen LogP contribution in [0, 0.1) is 22.7 Å². The molecule has 0 atom stereocenters. The summed E-state index contributed by atoms with van der Waals surface area (Å²) in [7, 11) is 0. The summed E-state index contributed by atoms with van der Waals surface area (Å²) in [4.78, 5) is 0. The van der Waals surface area contributed by atoms with Crippen molar-refractivity contribution in [3.05, 3.63) is 65.4 Å². The highest BCUT2D eigenvalue weighted by atomic mass is 79.9. The third-order valence-corrected chi connectivity index (χ3v) is 4.79. The van der Waals surface area contributed by atoms with Crippen molar-refractivity contribution in [2.45, 2.75) is 0 Å². The highest BCUT2D eigenvalue weighted by Crippen LogP contribution is 2.24. The molecule has 0 spiro atoms. The molecule has 0 heterocycles. The molecule has 2 rings (SSSR count). The Labute approximate surface area is 150 Å². The van der Waals surface area contributed by atoms with E-state index in [4.69, 9.17) is 10.5 Å². The summed E-state index contributed by atoms with van der Waals surface area (Å²) in [5.74, 6) is 0. The Morgan fingerprint density at radius 3 is 1.00 bits per heavy atom. The van der Waals surface area contributed by atoms with Gasteiger partial charge in [0.25, 0.3) is 0 Å². The Morgan fingerprint density at radius 2 is 0.850 bits per heavy atom. The fourth-order valence-corrected chi connectivity index (χ4v) is 3.56. The van der Waals surface area contributed by atoms with Crippen molar-refractivity contribution in [1.82, 2.24) is 0 Å². The molecular weight excluding hydrogens is 516 g/mol. The molecule has 100 valence electrons. The van der Waals surface area contributed by atoms with Crippen LogP contribution in [-0.4, -0.2) is 0 Å². The standard InChI is InChI=1S/2C7H3Br2N/c2*8-6-2-1-3-7(9)5(6)4-10/h2*1-3H. The van der Waals surface area contributed by atoms with E-state index < -0.39 is 0 Å². The molecule has 0 aliphatic rings. The fourth-order valence-electron chi connectivity index (χ4n) is 1.21. The number of nitrogens with zero attached hydrogens (tertiary/aromatic N) is 2. The predicted molar refractivity (Wildman–Crippen MR) is 93.1 cm³/mol. The van der Waals surface area contributed by atoms with Gasteiger partial charge in [0.05, 0.1) is 11.1 Å². The van der Waals surface area contributed by atoms with Gasteiger partial charge in [0, 0.05) is 17.9 Å². The van der Waals surface area contributed by atoms with Crippen LogP contribution in [0.4, 0.5) is 0 Å². The molecule has 2 aromatic rings. The molecule has 6 heteroatoms. The summed E-state index contributed by atoms with van der Waals surface area (Å²) in [6.07, 6.45) is 0. The second kappa shape index (κ2) is 8.59. The van der Waals surface area contributed by atoms with E-state index in [0.29, 0.717) is 11.1 Å². The Hall–Kier alpha value is -0.660. The van der Waals surface area contributed by atoms with Gasteiger partial charge in [0.15, 0.2) is 0 Å². The van der Waals surface area contributed by atoms with Gasteiger partial charge in [-0.3, -0.25) is 0 Å². The number of halogens is 4. The van der Waals surface area contributed by atoms with E-state index in [-0.39, 0.29) is 0 Å². The third-order valence-electron chi connectivity index (χ3n) is 2.15. The van der Waals surface area contributed by atoms with Crippen LogP contribution >= 0.6 is 63.7 Å². The number of hydrogen-bond acceptors (Lipinski definition) is 2. The lowest BCUT2D eigenvalue weighted by atomic mass is 10.2. The van der Waals surface area contributed by atoms with Gasteiger partial charge in [0.2, 0.25) is 0 Å². The maximum atomic E-state index is 8.59. The van der Waals surface area contributed by atoms with Crippen molar-refractivity contribution in [2.24, 2.45) is 0 Å². The molecule has 0 amide bonds. The average Bonchev–Trinajstić information content (AvgIpc) is 2.40. The number of hydrogen-bond donors (Lipinski definition) is 0. The molecule has 0 aliphatic carbocycles. The molecule has 0 N–H and O–H groups in total. The molecule has 0 saturated heterocycles. The van der Waals surface area contributed by atoms with Crippen LogP contribution < -0.4 is 0 Å². The first-order valence-corrected chi connectivity index (χ1v) is 8.36. The Bertz CT molecular complexity index is 597. The molecule has 2 nitrogen and oxygen atoms in total. The molecular formula is C14H6Br4N2. The van der Waals surface area contributed by atoms with E-state index in [1.54, 1.807) is 0 Å². The zero-order chi connectivity index (χ0) is 15.1. The summed E-state index contributed by atoms with van der Waals surface area (Å²) >= 11 is 13.0. The normalized spacial score (nSPS) is 8.90. The smallest absolute Gasteiger partial charge is 0.102 e. The number of rotatable bonds is 0. The maximum Gasteiger partial charge on any atom is 0.102 e. The SMILES string of the molecule is N#Cc1c(Br)cccc1Br.N#Cc1c(Br)cccc1Br. The molecule has 0 aliphatic heterocycles. The van der Waals surface area contributed by atoms with Crippen molar-refractivity contribution in [3.8, 4) is 12.1 Å². The summed E-state index contributed by atoms with van der Waals surface area (Å²) in [6, 6.07) is 15.2. The van der Waals surface area contributed by atoms with Crippen molar-refractivity contribution >= 4 is 63.7 Å². The summed E-state index contributed by atoms with van der Waals surface area (Å²) in [6.45, 7) is 0. The molecule has 0 unspecified atom stereocenters. The van der Waals surface area contributed by atoms with Crippen LogP contribution in [0.25, 0.3) is 0 Å².